The van der Waals surface area contributed by atoms with E-state index in [9.17, 15) is 4.79 Å². The van der Waals surface area contributed by atoms with Crippen molar-refractivity contribution in [3.05, 3.63) is 29.5 Å². The number of rotatable bonds is 3. The number of morpholine rings is 1. The molecule has 1 aromatic carbocycles. The normalized spacial score (nSPS) is 25.9. The molecule has 4 aliphatic heterocycles. The molecule has 1 spiro atoms. The van der Waals surface area contributed by atoms with E-state index in [1.54, 1.807) is 0 Å². The highest BCUT2D eigenvalue weighted by molar-refractivity contribution is 6.33. The van der Waals surface area contributed by atoms with Crippen molar-refractivity contribution >= 4 is 22.9 Å². The number of nitrogens with one attached hydrogen (secondary N) is 1. The Hall–Kier alpha value is -2.05. The molecule has 0 atom stereocenters. The van der Waals surface area contributed by atoms with Gasteiger partial charge in [0.05, 0.1) is 29.2 Å². The third-order valence-electron chi connectivity index (χ3n) is 7.82. The number of piperidine rings is 1. The molecule has 3 fully saturated rings. The number of nitrogens with zero attached hydrogens (tertiary/aromatic N) is 3. The fourth-order valence-electron chi connectivity index (χ4n) is 5.78. The van der Waals surface area contributed by atoms with E-state index in [1.165, 1.54) is 18.5 Å². The number of amides is 1. The lowest BCUT2D eigenvalue weighted by Gasteiger charge is -2.46. The highest BCUT2D eigenvalue weighted by atomic mass is 16.5. The van der Waals surface area contributed by atoms with Crippen LogP contribution < -0.4 is 15.1 Å². The summed E-state index contributed by atoms with van der Waals surface area (Å²) < 4.78 is 6.52. The summed E-state index contributed by atoms with van der Waals surface area (Å²) >= 11 is 0. The van der Waals surface area contributed by atoms with Gasteiger partial charge in [0, 0.05) is 56.1 Å². The molecular weight excluding hydrogens is 400 g/mol. The summed E-state index contributed by atoms with van der Waals surface area (Å²) in [5.41, 5.74) is 4.98. The largest absolute Gasteiger partial charge is 0.383 e. The van der Waals surface area contributed by atoms with Gasteiger partial charge in [-0.05, 0) is 71.6 Å². The Kier molecular flexibility index (Phi) is 5.70. The van der Waals surface area contributed by atoms with Crippen LogP contribution in [0.4, 0.5) is 11.4 Å². The lowest BCUT2D eigenvalue weighted by molar-refractivity contribution is -0.113. The predicted octanol–water partition coefficient (Wildman–Crippen LogP) is 3.62. The average molecular weight is 439 g/mol. The van der Waals surface area contributed by atoms with Crippen molar-refractivity contribution in [3.63, 3.8) is 0 Å². The summed E-state index contributed by atoms with van der Waals surface area (Å²) in [4.78, 5) is 20.5. The van der Waals surface area contributed by atoms with E-state index >= 15 is 0 Å². The molecule has 6 nitrogen and oxygen atoms in total. The first-order valence-corrected chi connectivity index (χ1v) is 12.5. The quantitative estimate of drug-likeness (QED) is 0.731. The molecule has 6 heteroatoms. The Morgan fingerprint density at radius 2 is 1.72 bits per heavy atom. The SMILES string of the molecule is CC(C)N1CCC2(CC1)CN/C(=C1\C(=O)N(C(C)C)c3ccc(N4CCCC4)cc31)CO2. The molecule has 1 amide bonds. The molecule has 0 bridgehead atoms. The van der Waals surface area contributed by atoms with Crippen LogP contribution in [0, 0.1) is 0 Å². The van der Waals surface area contributed by atoms with E-state index in [2.05, 4.69) is 61.0 Å². The van der Waals surface area contributed by atoms with Gasteiger partial charge in [0.25, 0.3) is 5.91 Å². The summed E-state index contributed by atoms with van der Waals surface area (Å²) in [7, 11) is 0. The molecule has 0 aromatic heterocycles. The van der Waals surface area contributed by atoms with Crippen LogP contribution in [0.1, 0.15) is 58.9 Å². The van der Waals surface area contributed by atoms with Gasteiger partial charge >= 0.3 is 0 Å². The van der Waals surface area contributed by atoms with Gasteiger partial charge in [-0.15, -0.1) is 0 Å². The second-order valence-corrected chi connectivity index (χ2v) is 10.5. The maximum Gasteiger partial charge on any atom is 0.261 e. The Bertz CT molecular complexity index is 896. The number of carbonyl (C=O) groups is 1. The van der Waals surface area contributed by atoms with Crippen LogP contribution in [0.2, 0.25) is 0 Å². The molecule has 0 aliphatic carbocycles. The summed E-state index contributed by atoms with van der Waals surface area (Å²) in [6.45, 7) is 14.3. The van der Waals surface area contributed by atoms with E-state index in [4.69, 9.17) is 4.74 Å². The number of ether oxygens (including phenoxy) is 1. The molecule has 4 heterocycles. The van der Waals surface area contributed by atoms with Crippen LogP contribution in [0.5, 0.6) is 0 Å². The van der Waals surface area contributed by atoms with Crippen molar-refractivity contribution in [1.29, 1.82) is 0 Å². The smallest absolute Gasteiger partial charge is 0.261 e. The van der Waals surface area contributed by atoms with Crippen molar-refractivity contribution in [3.8, 4) is 0 Å². The fourth-order valence-corrected chi connectivity index (χ4v) is 5.78. The minimum Gasteiger partial charge on any atom is -0.383 e. The first kappa shape index (κ1) is 21.8. The van der Waals surface area contributed by atoms with Crippen molar-refractivity contribution in [2.45, 2.75) is 71.1 Å². The molecule has 1 aromatic rings. The third kappa shape index (κ3) is 3.71. The second-order valence-electron chi connectivity index (χ2n) is 10.5. The van der Waals surface area contributed by atoms with Crippen LogP contribution in [0.25, 0.3) is 5.57 Å². The first-order valence-electron chi connectivity index (χ1n) is 12.5. The Balaban J connectivity index is 1.42. The lowest BCUT2D eigenvalue weighted by Crippen LogP contribution is -2.56. The van der Waals surface area contributed by atoms with Crippen LogP contribution in [-0.2, 0) is 9.53 Å². The summed E-state index contributed by atoms with van der Waals surface area (Å²) in [5.74, 6) is 0.102. The van der Waals surface area contributed by atoms with Gasteiger partial charge in [-0.2, -0.15) is 0 Å². The zero-order chi connectivity index (χ0) is 22.5. The van der Waals surface area contributed by atoms with Crippen LogP contribution in [-0.4, -0.2) is 67.8 Å². The maximum atomic E-state index is 13.6. The number of hydrogen-bond donors (Lipinski definition) is 1. The highest BCUT2D eigenvalue weighted by Gasteiger charge is 2.42. The van der Waals surface area contributed by atoms with Gasteiger partial charge in [0.2, 0.25) is 0 Å². The van der Waals surface area contributed by atoms with Gasteiger partial charge in [-0.3, -0.25) is 4.79 Å². The molecule has 3 saturated heterocycles. The van der Waals surface area contributed by atoms with Crippen LogP contribution in [0.3, 0.4) is 0 Å². The maximum absolute atomic E-state index is 13.6. The highest BCUT2D eigenvalue weighted by Crippen LogP contribution is 2.43. The minimum absolute atomic E-state index is 0.102. The Morgan fingerprint density at radius 1 is 1.00 bits per heavy atom. The van der Waals surface area contributed by atoms with Gasteiger partial charge in [0.1, 0.15) is 0 Å². The van der Waals surface area contributed by atoms with Crippen molar-refractivity contribution in [1.82, 2.24) is 10.2 Å². The Labute approximate surface area is 192 Å². The zero-order valence-corrected chi connectivity index (χ0v) is 20.1. The summed E-state index contributed by atoms with van der Waals surface area (Å²) in [6, 6.07) is 7.26. The van der Waals surface area contributed by atoms with Crippen molar-refractivity contribution in [2.75, 3.05) is 49.1 Å². The van der Waals surface area contributed by atoms with E-state index in [1.807, 2.05) is 4.90 Å². The van der Waals surface area contributed by atoms with Gasteiger partial charge < -0.3 is 24.8 Å². The number of likely N-dealkylation sites (tertiary alicyclic amines) is 1. The topological polar surface area (TPSA) is 48.1 Å². The van der Waals surface area contributed by atoms with Gasteiger partial charge in [-0.1, -0.05) is 0 Å². The van der Waals surface area contributed by atoms with E-state index in [-0.39, 0.29) is 17.6 Å². The first-order chi connectivity index (χ1) is 15.4. The minimum atomic E-state index is -0.102. The number of carbonyl (C=O) groups excluding carboxylic acids is 1. The van der Waals surface area contributed by atoms with Crippen LogP contribution in [0.15, 0.2) is 23.9 Å². The zero-order valence-electron chi connectivity index (χ0n) is 20.1. The standard InChI is InChI=1S/C26H38N4O2/c1-18(2)28-13-9-26(10-14-28)17-27-22(16-32-26)24-21-15-20(29-11-5-6-12-29)7-8-23(21)30(19(3)4)25(24)31/h7-8,15,18-19,27H,5-6,9-14,16-17H2,1-4H3/b24-22-. The van der Waals surface area contributed by atoms with Crippen molar-refractivity contribution < 1.29 is 9.53 Å². The average Bonchev–Trinajstić information content (AvgIpc) is 3.40. The van der Waals surface area contributed by atoms with E-state index < -0.39 is 0 Å². The van der Waals surface area contributed by atoms with Crippen molar-refractivity contribution in [2.24, 2.45) is 0 Å². The molecular formula is C26H38N4O2. The molecule has 0 saturated carbocycles. The second kappa shape index (κ2) is 8.38. The molecule has 0 radical (unpaired) electrons. The van der Waals surface area contributed by atoms with Crippen LogP contribution >= 0.6 is 0 Å². The van der Waals surface area contributed by atoms with E-state index in [0.29, 0.717) is 12.6 Å². The lowest BCUT2D eigenvalue weighted by atomic mass is 9.88. The number of fused-ring (bicyclic) bond motifs is 1. The fraction of sp³-hybridized carbons (Fsp3) is 0.654. The summed E-state index contributed by atoms with van der Waals surface area (Å²) in [5, 5.41) is 3.66. The number of benzene rings is 1. The number of anilines is 2. The molecule has 1 N–H and O–H groups in total. The summed E-state index contributed by atoms with van der Waals surface area (Å²) in [6.07, 6.45) is 4.58. The number of hydrogen-bond acceptors (Lipinski definition) is 5. The molecule has 174 valence electrons. The molecule has 4 aliphatic rings. The predicted molar refractivity (Wildman–Crippen MR) is 130 cm³/mol. The molecule has 32 heavy (non-hydrogen) atoms. The van der Waals surface area contributed by atoms with Gasteiger partial charge in [0.15, 0.2) is 0 Å². The Morgan fingerprint density at radius 3 is 2.31 bits per heavy atom. The molecule has 5 rings (SSSR count). The molecule has 0 unspecified atom stereocenters. The van der Waals surface area contributed by atoms with E-state index in [0.717, 1.165) is 68.1 Å². The van der Waals surface area contributed by atoms with Gasteiger partial charge in [-0.25, -0.2) is 0 Å². The third-order valence-corrected chi connectivity index (χ3v) is 7.82. The monoisotopic (exact) mass is 438 g/mol.